The average molecular weight is 306 g/mol. The average Bonchev–Trinajstić information content (AvgIpc) is 2.42. The predicted octanol–water partition coefficient (Wildman–Crippen LogP) is -0.899. The molecular formula is C12H16ClNO6. The second-order valence-electron chi connectivity index (χ2n) is 4.50. The van der Waals surface area contributed by atoms with E-state index >= 15 is 0 Å². The van der Waals surface area contributed by atoms with Crippen LogP contribution in [-0.4, -0.2) is 57.7 Å². The number of hydrogen-bond donors (Lipinski definition) is 5. The van der Waals surface area contributed by atoms with Gasteiger partial charge in [0.15, 0.2) is 0 Å². The Labute approximate surface area is 120 Å². The van der Waals surface area contributed by atoms with Gasteiger partial charge in [0.05, 0.1) is 11.6 Å². The van der Waals surface area contributed by atoms with Crippen LogP contribution in [0.25, 0.3) is 0 Å². The van der Waals surface area contributed by atoms with Crippen LogP contribution < -0.4 is 10.5 Å². The van der Waals surface area contributed by atoms with E-state index in [2.05, 4.69) is 0 Å². The van der Waals surface area contributed by atoms with Crippen molar-refractivity contribution >= 4 is 17.3 Å². The van der Waals surface area contributed by atoms with E-state index < -0.39 is 37.3 Å². The molecule has 20 heavy (non-hydrogen) atoms. The van der Waals surface area contributed by atoms with Gasteiger partial charge in [-0.3, -0.25) is 0 Å². The molecule has 0 saturated carbocycles. The molecule has 0 spiro atoms. The summed E-state index contributed by atoms with van der Waals surface area (Å²) in [5, 5.41) is 38.4. The van der Waals surface area contributed by atoms with Crippen molar-refractivity contribution in [1.82, 2.24) is 0 Å². The van der Waals surface area contributed by atoms with Crippen LogP contribution in [0.4, 0.5) is 5.69 Å². The molecule has 0 bridgehead atoms. The minimum atomic E-state index is -1.50. The van der Waals surface area contributed by atoms with Gasteiger partial charge >= 0.3 is 0 Å². The fourth-order valence-corrected chi connectivity index (χ4v) is 2.14. The summed E-state index contributed by atoms with van der Waals surface area (Å²) in [6, 6.07) is 4.49. The molecule has 0 aliphatic carbocycles. The minimum Gasteiger partial charge on any atom is -0.460 e. The zero-order chi connectivity index (χ0) is 14.9. The molecule has 7 nitrogen and oxygen atoms in total. The standard InChI is InChI=1S/C12H16ClNO6/c13-6-3-5(14)1-2-7(6)19-12-11(18)10(17)9(16)8(4-15)20-12/h1-3,8-12,15-18H,4,14H2/t8-,9-,10+,11-,12-/m1/s1. The lowest BCUT2D eigenvalue weighted by molar-refractivity contribution is -0.277. The van der Waals surface area contributed by atoms with Gasteiger partial charge in [-0.1, -0.05) is 11.6 Å². The van der Waals surface area contributed by atoms with E-state index in [0.717, 1.165) is 0 Å². The third-order valence-corrected chi connectivity index (χ3v) is 3.34. The molecule has 112 valence electrons. The third kappa shape index (κ3) is 2.98. The number of rotatable bonds is 3. The Balaban J connectivity index is 2.15. The lowest BCUT2D eigenvalue weighted by atomic mass is 9.99. The highest BCUT2D eigenvalue weighted by Crippen LogP contribution is 2.30. The number of aliphatic hydroxyl groups is 4. The van der Waals surface area contributed by atoms with Crippen LogP contribution in [0.2, 0.25) is 5.02 Å². The van der Waals surface area contributed by atoms with Crippen LogP contribution in [-0.2, 0) is 4.74 Å². The smallest absolute Gasteiger partial charge is 0.229 e. The summed E-state index contributed by atoms with van der Waals surface area (Å²) in [6.45, 7) is -0.528. The third-order valence-electron chi connectivity index (χ3n) is 3.05. The molecule has 0 amide bonds. The maximum absolute atomic E-state index is 9.82. The number of halogens is 1. The van der Waals surface area contributed by atoms with Crippen molar-refractivity contribution in [3.05, 3.63) is 23.2 Å². The van der Waals surface area contributed by atoms with Gasteiger partial charge in [0.1, 0.15) is 30.2 Å². The van der Waals surface area contributed by atoms with E-state index in [1.54, 1.807) is 6.07 Å². The highest BCUT2D eigenvalue weighted by molar-refractivity contribution is 6.32. The number of aliphatic hydroxyl groups excluding tert-OH is 4. The van der Waals surface area contributed by atoms with Crippen molar-refractivity contribution in [2.24, 2.45) is 0 Å². The molecular weight excluding hydrogens is 290 g/mol. The van der Waals surface area contributed by atoms with Crippen molar-refractivity contribution in [2.75, 3.05) is 12.3 Å². The molecule has 0 unspecified atom stereocenters. The lowest BCUT2D eigenvalue weighted by Crippen LogP contribution is -2.60. The molecule has 1 aromatic rings. The van der Waals surface area contributed by atoms with Gasteiger partial charge in [0.2, 0.25) is 6.29 Å². The fraction of sp³-hybridized carbons (Fsp3) is 0.500. The van der Waals surface area contributed by atoms with Crippen LogP contribution in [0.1, 0.15) is 0 Å². The fourth-order valence-electron chi connectivity index (χ4n) is 1.90. The summed E-state index contributed by atoms with van der Waals surface area (Å²) in [6.07, 6.45) is -6.73. The molecule has 1 aliphatic heterocycles. The molecule has 1 fully saturated rings. The summed E-state index contributed by atoms with van der Waals surface area (Å²) in [5.74, 6) is 0.199. The first-order valence-electron chi connectivity index (χ1n) is 5.96. The molecule has 6 N–H and O–H groups in total. The molecule has 1 saturated heterocycles. The number of anilines is 1. The van der Waals surface area contributed by atoms with Crippen molar-refractivity contribution in [3.63, 3.8) is 0 Å². The summed E-state index contributed by atoms with van der Waals surface area (Å²) < 4.78 is 10.6. The number of nitrogens with two attached hydrogens (primary N) is 1. The van der Waals surface area contributed by atoms with Crippen LogP contribution in [0.3, 0.4) is 0 Å². The minimum absolute atomic E-state index is 0.199. The van der Waals surface area contributed by atoms with Gasteiger partial charge in [-0.25, -0.2) is 0 Å². The van der Waals surface area contributed by atoms with Crippen LogP contribution >= 0.6 is 11.6 Å². The maximum Gasteiger partial charge on any atom is 0.229 e. The second kappa shape index (κ2) is 6.13. The first-order valence-corrected chi connectivity index (χ1v) is 6.34. The summed E-state index contributed by atoms with van der Waals surface area (Å²) in [5.41, 5.74) is 5.99. The summed E-state index contributed by atoms with van der Waals surface area (Å²) in [4.78, 5) is 0. The van der Waals surface area contributed by atoms with E-state index in [0.29, 0.717) is 5.69 Å². The quantitative estimate of drug-likeness (QED) is 0.458. The molecule has 8 heteroatoms. The molecule has 0 aromatic heterocycles. The molecule has 2 rings (SSSR count). The number of ether oxygens (including phenoxy) is 2. The highest BCUT2D eigenvalue weighted by atomic mass is 35.5. The first kappa shape index (κ1) is 15.3. The Morgan fingerprint density at radius 2 is 1.90 bits per heavy atom. The van der Waals surface area contributed by atoms with E-state index in [1.807, 2.05) is 0 Å². The lowest BCUT2D eigenvalue weighted by Gasteiger charge is -2.39. The van der Waals surface area contributed by atoms with Gasteiger partial charge in [0, 0.05) is 5.69 Å². The normalized spacial score (nSPS) is 34.0. The SMILES string of the molecule is Nc1ccc(O[C@@H]2O[C@H](CO)[C@@H](O)[C@H](O)[C@H]2O)c(Cl)c1. The van der Waals surface area contributed by atoms with Crippen molar-refractivity contribution in [3.8, 4) is 5.75 Å². The zero-order valence-electron chi connectivity index (χ0n) is 10.4. The number of hydrogen-bond acceptors (Lipinski definition) is 7. The Morgan fingerprint density at radius 3 is 2.50 bits per heavy atom. The van der Waals surface area contributed by atoms with E-state index in [9.17, 15) is 15.3 Å². The summed E-state index contributed by atoms with van der Waals surface area (Å²) in [7, 11) is 0. The summed E-state index contributed by atoms with van der Waals surface area (Å²) >= 11 is 5.93. The monoisotopic (exact) mass is 305 g/mol. The topological polar surface area (TPSA) is 125 Å². The van der Waals surface area contributed by atoms with E-state index in [4.69, 9.17) is 31.9 Å². The van der Waals surface area contributed by atoms with Gasteiger partial charge in [-0.2, -0.15) is 0 Å². The van der Waals surface area contributed by atoms with Gasteiger partial charge < -0.3 is 35.6 Å². The van der Waals surface area contributed by atoms with Crippen LogP contribution in [0.5, 0.6) is 5.75 Å². The number of nitrogen functional groups attached to an aromatic ring is 1. The second-order valence-corrected chi connectivity index (χ2v) is 4.91. The van der Waals surface area contributed by atoms with Gasteiger partial charge in [-0.15, -0.1) is 0 Å². The maximum atomic E-state index is 9.82. The Morgan fingerprint density at radius 1 is 1.20 bits per heavy atom. The van der Waals surface area contributed by atoms with Crippen LogP contribution in [0.15, 0.2) is 18.2 Å². The van der Waals surface area contributed by atoms with Crippen LogP contribution in [0, 0.1) is 0 Å². The molecule has 1 aliphatic rings. The number of benzene rings is 1. The Kier molecular flexibility index (Phi) is 4.69. The van der Waals surface area contributed by atoms with Gasteiger partial charge in [0.25, 0.3) is 0 Å². The Bertz CT molecular complexity index is 471. The molecule has 1 heterocycles. The molecule has 5 atom stereocenters. The largest absolute Gasteiger partial charge is 0.460 e. The molecule has 1 aromatic carbocycles. The van der Waals surface area contributed by atoms with E-state index in [-0.39, 0.29) is 10.8 Å². The Hall–Kier alpha value is -1.09. The first-order chi connectivity index (χ1) is 9.43. The predicted molar refractivity (Wildman–Crippen MR) is 70.3 cm³/mol. The van der Waals surface area contributed by atoms with E-state index in [1.165, 1.54) is 12.1 Å². The van der Waals surface area contributed by atoms with Gasteiger partial charge in [-0.05, 0) is 18.2 Å². The highest BCUT2D eigenvalue weighted by Gasteiger charge is 2.44. The molecule has 0 radical (unpaired) electrons. The zero-order valence-corrected chi connectivity index (χ0v) is 11.1. The van der Waals surface area contributed by atoms with Crippen molar-refractivity contribution < 1.29 is 29.9 Å². The van der Waals surface area contributed by atoms with Crippen molar-refractivity contribution in [2.45, 2.75) is 30.7 Å². The van der Waals surface area contributed by atoms with Crippen molar-refractivity contribution in [1.29, 1.82) is 0 Å².